The molecule has 18 heavy (non-hydrogen) atoms. The molecule has 0 radical (unpaired) electrons. The number of alkyl halides is 1. The summed E-state index contributed by atoms with van der Waals surface area (Å²) in [5.74, 6) is 6.70. The van der Waals surface area contributed by atoms with Crippen LogP contribution in [-0.4, -0.2) is 12.5 Å². The third kappa shape index (κ3) is 4.98. The lowest BCUT2D eigenvalue weighted by Gasteiger charge is -2.11. The molecule has 0 aliphatic heterocycles. The van der Waals surface area contributed by atoms with Crippen LogP contribution in [0.2, 0.25) is 0 Å². The number of halogens is 2. The molecule has 0 amide bonds. The Labute approximate surface area is 113 Å². The number of hydrogen-bond acceptors (Lipinski definition) is 1. The second-order valence-electron chi connectivity index (χ2n) is 4.21. The van der Waals surface area contributed by atoms with Gasteiger partial charge in [0.05, 0.1) is 12.2 Å². The minimum Gasteiger partial charge on any atom is -0.493 e. The fraction of sp³-hybridized carbons (Fsp3) is 0.467. The van der Waals surface area contributed by atoms with Gasteiger partial charge < -0.3 is 4.74 Å². The van der Waals surface area contributed by atoms with Crippen molar-refractivity contribution in [2.24, 2.45) is 5.92 Å². The minimum atomic E-state index is -0.348. The Balaban J connectivity index is 2.65. The molecule has 0 saturated carbocycles. The predicted octanol–water partition coefficient (Wildman–Crippen LogP) is 4.23. The summed E-state index contributed by atoms with van der Waals surface area (Å²) in [5, 5.41) is 0. The molecule has 0 fully saturated rings. The van der Waals surface area contributed by atoms with Crippen LogP contribution in [0.3, 0.4) is 0 Å². The van der Waals surface area contributed by atoms with Crippen molar-refractivity contribution >= 4 is 11.6 Å². The minimum absolute atomic E-state index is 0.348. The van der Waals surface area contributed by atoms with E-state index in [0.717, 1.165) is 6.42 Å². The molecule has 1 rings (SSSR count). The zero-order chi connectivity index (χ0) is 13.4. The third-order valence-electron chi connectivity index (χ3n) is 2.61. The zero-order valence-electron chi connectivity index (χ0n) is 10.8. The van der Waals surface area contributed by atoms with E-state index in [2.05, 4.69) is 25.7 Å². The van der Waals surface area contributed by atoms with Crippen LogP contribution in [0.5, 0.6) is 5.75 Å². The smallest absolute Gasteiger partial charge is 0.142 e. The molecule has 0 bridgehead atoms. The Hall–Kier alpha value is -1.20. The summed E-state index contributed by atoms with van der Waals surface area (Å²) in [6.07, 6.45) is 1.61. The normalized spacial score (nSPS) is 11.6. The largest absolute Gasteiger partial charge is 0.493 e. The summed E-state index contributed by atoms with van der Waals surface area (Å²) in [4.78, 5) is 0. The highest BCUT2D eigenvalue weighted by Crippen LogP contribution is 2.17. The average molecular weight is 269 g/mol. The zero-order valence-corrected chi connectivity index (χ0v) is 11.6. The fourth-order valence-electron chi connectivity index (χ4n) is 1.25. The Bertz CT molecular complexity index is 434. The predicted molar refractivity (Wildman–Crippen MR) is 73.6 cm³/mol. The van der Waals surface area contributed by atoms with Gasteiger partial charge >= 0.3 is 0 Å². The van der Waals surface area contributed by atoms with E-state index in [4.69, 9.17) is 16.3 Å². The van der Waals surface area contributed by atoms with E-state index in [1.807, 2.05) is 0 Å². The molecule has 0 aromatic heterocycles. The van der Waals surface area contributed by atoms with Gasteiger partial charge in [0, 0.05) is 18.4 Å². The lowest BCUT2D eigenvalue weighted by atomic mass is 10.1. The van der Waals surface area contributed by atoms with E-state index in [0.29, 0.717) is 36.1 Å². The molecular weight excluding hydrogens is 251 g/mol. The van der Waals surface area contributed by atoms with Gasteiger partial charge in [0.1, 0.15) is 11.6 Å². The summed E-state index contributed by atoms with van der Waals surface area (Å²) >= 11 is 5.50. The summed E-state index contributed by atoms with van der Waals surface area (Å²) < 4.78 is 19.2. The molecule has 1 unspecified atom stereocenters. The molecule has 0 aliphatic rings. The first-order valence-corrected chi connectivity index (χ1v) is 6.68. The molecule has 1 aromatic rings. The molecule has 3 heteroatoms. The van der Waals surface area contributed by atoms with Gasteiger partial charge in [0.25, 0.3) is 0 Å². The first-order chi connectivity index (χ1) is 8.67. The van der Waals surface area contributed by atoms with Crippen LogP contribution in [0, 0.1) is 23.6 Å². The number of benzene rings is 1. The third-order valence-corrected chi connectivity index (χ3v) is 2.80. The maximum atomic E-state index is 13.7. The first kappa shape index (κ1) is 14.9. The van der Waals surface area contributed by atoms with Crippen molar-refractivity contribution < 1.29 is 9.13 Å². The van der Waals surface area contributed by atoms with Gasteiger partial charge in [0.15, 0.2) is 0 Å². The standard InChI is InChI=1S/C15H18ClFO/c1-3-12(2)11-18-14-8-7-13(15(17)10-14)6-4-5-9-16/h7-8,10,12H,3,5,9,11H2,1-2H3. The second-order valence-corrected chi connectivity index (χ2v) is 4.58. The quantitative estimate of drug-likeness (QED) is 0.574. The lowest BCUT2D eigenvalue weighted by Crippen LogP contribution is -2.07. The van der Waals surface area contributed by atoms with Crippen molar-refractivity contribution in [2.75, 3.05) is 12.5 Å². The summed E-state index contributed by atoms with van der Waals surface area (Å²) in [6.45, 7) is 4.81. The number of hydrogen-bond donors (Lipinski definition) is 0. The molecule has 1 aromatic carbocycles. The number of ether oxygens (including phenoxy) is 1. The van der Waals surface area contributed by atoms with Crippen molar-refractivity contribution in [1.29, 1.82) is 0 Å². The topological polar surface area (TPSA) is 9.23 Å². The SMILES string of the molecule is CCC(C)COc1ccc(C#CCCCl)c(F)c1. The molecule has 0 N–H and O–H groups in total. The van der Waals surface area contributed by atoms with Crippen LogP contribution >= 0.6 is 11.6 Å². The van der Waals surface area contributed by atoms with Gasteiger partial charge in [-0.1, -0.05) is 32.1 Å². The molecule has 98 valence electrons. The van der Waals surface area contributed by atoms with Crippen molar-refractivity contribution in [1.82, 2.24) is 0 Å². The second kappa shape index (κ2) is 8.00. The highest BCUT2D eigenvalue weighted by atomic mass is 35.5. The van der Waals surface area contributed by atoms with Crippen molar-refractivity contribution in [3.05, 3.63) is 29.6 Å². The van der Waals surface area contributed by atoms with E-state index in [1.54, 1.807) is 12.1 Å². The van der Waals surface area contributed by atoms with Crippen molar-refractivity contribution in [3.8, 4) is 17.6 Å². The van der Waals surface area contributed by atoms with E-state index >= 15 is 0 Å². The van der Waals surface area contributed by atoms with Gasteiger partial charge in [-0.2, -0.15) is 0 Å². The molecular formula is C15H18ClFO. The Morgan fingerprint density at radius 1 is 1.44 bits per heavy atom. The van der Waals surface area contributed by atoms with Crippen LogP contribution in [0.25, 0.3) is 0 Å². The first-order valence-electron chi connectivity index (χ1n) is 6.14. The van der Waals surface area contributed by atoms with Crippen molar-refractivity contribution in [2.45, 2.75) is 26.7 Å². The lowest BCUT2D eigenvalue weighted by molar-refractivity contribution is 0.255. The maximum absolute atomic E-state index is 13.7. The molecule has 0 aliphatic carbocycles. The monoisotopic (exact) mass is 268 g/mol. The Morgan fingerprint density at radius 2 is 2.22 bits per heavy atom. The van der Waals surface area contributed by atoms with Gasteiger partial charge in [-0.25, -0.2) is 4.39 Å². The van der Waals surface area contributed by atoms with Crippen LogP contribution in [0.15, 0.2) is 18.2 Å². The Morgan fingerprint density at radius 3 is 2.83 bits per heavy atom. The summed E-state index contributed by atoms with van der Waals surface area (Å²) in [7, 11) is 0. The van der Waals surface area contributed by atoms with Crippen LogP contribution in [-0.2, 0) is 0 Å². The molecule has 0 spiro atoms. The Kier molecular flexibility index (Phi) is 6.60. The van der Waals surface area contributed by atoms with E-state index in [1.165, 1.54) is 6.07 Å². The van der Waals surface area contributed by atoms with Crippen LogP contribution in [0.4, 0.5) is 4.39 Å². The summed E-state index contributed by atoms with van der Waals surface area (Å²) in [6, 6.07) is 4.77. The van der Waals surface area contributed by atoms with E-state index < -0.39 is 0 Å². The van der Waals surface area contributed by atoms with Gasteiger partial charge in [-0.15, -0.1) is 11.6 Å². The highest BCUT2D eigenvalue weighted by Gasteiger charge is 2.04. The fourth-order valence-corrected chi connectivity index (χ4v) is 1.34. The van der Waals surface area contributed by atoms with Gasteiger partial charge in [-0.05, 0) is 18.1 Å². The van der Waals surface area contributed by atoms with Gasteiger partial charge in [-0.3, -0.25) is 0 Å². The van der Waals surface area contributed by atoms with Crippen LogP contribution in [0.1, 0.15) is 32.3 Å². The van der Waals surface area contributed by atoms with Crippen molar-refractivity contribution in [3.63, 3.8) is 0 Å². The van der Waals surface area contributed by atoms with E-state index in [-0.39, 0.29) is 5.82 Å². The number of rotatable bonds is 5. The average Bonchev–Trinajstić information content (AvgIpc) is 2.38. The molecule has 1 atom stereocenters. The highest BCUT2D eigenvalue weighted by molar-refractivity contribution is 6.18. The summed E-state index contributed by atoms with van der Waals surface area (Å²) in [5.41, 5.74) is 0.385. The van der Waals surface area contributed by atoms with Gasteiger partial charge in [0.2, 0.25) is 0 Å². The van der Waals surface area contributed by atoms with Crippen LogP contribution < -0.4 is 4.74 Å². The molecule has 1 nitrogen and oxygen atoms in total. The maximum Gasteiger partial charge on any atom is 0.142 e. The molecule has 0 saturated heterocycles. The van der Waals surface area contributed by atoms with E-state index in [9.17, 15) is 4.39 Å². The molecule has 0 heterocycles.